The molecule has 0 radical (unpaired) electrons. The third kappa shape index (κ3) is 7.88. The van der Waals surface area contributed by atoms with Crippen molar-refractivity contribution >= 4 is 33.2 Å². The Bertz CT molecular complexity index is 1250. The van der Waals surface area contributed by atoms with Gasteiger partial charge in [0.2, 0.25) is 21.8 Å². The molecule has 0 saturated carbocycles. The minimum absolute atomic E-state index is 0.000430. The molecule has 0 bridgehead atoms. The summed E-state index contributed by atoms with van der Waals surface area (Å²) in [7, 11) is -2.88. The molecule has 0 spiro atoms. The first-order valence-electron chi connectivity index (χ1n) is 12.0. The van der Waals surface area contributed by atoms with E-state index in [-0.39, 0.29) is 30.4 Å². The summed E-state index contributed by atoms with van der Waals surface area (Å²) in [4.78, 5) is 38.7. The van der Waals surface area contributed by atoms with Crippen molar-refractivity contribution in [1.29, 1.82) is 0 Å². The third-order valence-electron chi connectivity index (χ3n) is 5.97. The summed E-state index contributed by atoms with van der Waals surface area (Å²) < 4.78 is 45.0. The maximum Gasteiger partial charge on any atom is 0.271 e. The van der Waals surface area contributed by atoms with E-state index in [2.05, 4.69) is 5.32 Å². The number of non-ortho nitro benzene ring substituents is 1. The van der Waals surface area contributed by atoms with Crippen LogP contribution in [0.4, 0.5) is 15.8 Å². The normalized spacial score (nSPS) is 12.8. The van der Waals surface area contributed by atoms with Crippen LogP contribution in [0.2, 0.25) is 0 Å². The summed E-state index contributed by atoms with van der Waals surface area (Å²) in [5, 5.41) is 14.2. The number of rotatable bonds is 13. The van der Waals surface area contributed by atoms with E-state index in [1.54, 1.807) is 6.92 Å². The Morgan fingerprint density at radius 2 is 1.76 bits per heavy atom. The molecule has 0 unspecified atom stereocenters. The minimum Gasteiger partial charge on any atom is -0.495 e. The number of carbonyl (C=O) groups excluding carboxylic acids is 2. The molecule has 2 rings (SSSR count). The first-order chi connectivity index (χ1) is 17.8. The first kappa shape index (κ1) is 30.5. The molecule has 0 aliphatic carbocycles. The Labute approximate surface area is 221 Å². The quantitative estimate of drug-likeness (QED) is 0.297. The number of hydrogen-bond donors (Lipinski definition) is 1. The lowest BCUT2D eigenvalue weighted by molar-refractivity contribution is -0.384. The van der Waals surface area contributed by atoms with Crippen molar-refractivity contribution in [2.45, 2.75) is 52.2 Å². The summed E-state index contributed by atoms with van der Waals surface area (Å²) in [6, 6.07) is 7.63. The van der Waals surface area contributed by atoms with Crippen LogP contribution in [0.15, 0.2) is 42.5 Å². The molecule has 0 heterocycles. The second-order valence-electron chi connectivity index (χ2n) is 8.77. The highest BCUT2D eigenvalue weighted by atomic mass is 32.2. The van der Waals surface area contributed by atoms with Crippen molar-refractivity contribution in [3.8, 4) is 5.75 Å². The second-order valence-corrected chi connectivity index (χ2v) is 10.7. The average molecular weight is 553 g/mol. The number of amides is 2. The van der Waals surface area contributed by atoms with Crippen molar-refractivity contribution < 1.29 is 32.1 Å². The molecule has 2 atom stereocenters. The molecule has 2 aromatic carbocycles. The molecule has 2 amide bonds. The van der Waals surface area contributed by atoms with Crippen molar-refractivity contribution in [2.24, 2.45) is 0 Å². The third-order valence-corrected chi connectivity index (χ3v) is 7.10. The number of anilines is 1. The monoisotopic (exact) mass is 552 g/mol. The highest BCUT2D eigenvalue weighted by molar-refractivity contribution is 7.92. The summed E-state index contributed by atoms with van der Waals surface area (Å²) in [6.07, 6.45) is 1.73. The Morgan fingerprint density at radius 1 is 1.13 bits per heavy atom. The van der Waals surface area contributed by atoms with E-state index >= 15 is 0 Å². The molecule has 0 fully saturated rings. The molecule has 2 aromatic rings. The van der Waals surface area contributed by atoms with Gasteiger partial charge in [-0.1, -0.05) is 26.0 Å². The number of nitrogens with one attached hydrogen (secondary N) is 1. The molecule has 0 aromatic heterocycles. The number of benzene rings is 2. The smallest absolute Gasteiger partial charge is 0.271 e. The molecule has 1 N–H and O–H groups in total. The molecule has 38 heavy (non-hydrogen) atoms. The van der Waals surface area contributed by atoms with E-state index in [1.807, 2.05) is 13.8 Å². The van der Waals surface area contributed by atoms with E-state index in [0.717, 1.165) is 18.4 Å². The van der Waals surface area contributed by atoms with Gasteiger partial charge in [0, 0.05) is 24.7 Å². The van der Waals surface area contributed by atoms with Gasteiger partial charge in [0.05, 0.1) is 18.3 Å². The summed E-state index contributed by atoms with van der Waals surface area (Å²) >= 11 is 0. The fraction of sp³-hybridized carbons (Fsp3) is 0.440. The van der Waals surface area contributed by atoms with Crippen molar-refractivity contribution in [2.75, 3.05) is 24.2 Å². The van der Waals surface area contributed by atoms with Gasteiger partial charge in [-0.3, -0.25) is 24.0 Å². The van der Waals surface area contributed by atoms with Crippen LogP contribution in [0.5, 0.6) is 5.75 Å². The lowest BCUT2D eigenvalue weighted by Gasteiger charge is -2.33. The van der Waals surface area contributed by atoms with Gasteiger partial charge in [-0.2, -0.15) is 0 Å². The number of ether oxygens (including phenoxy) is 1. The largest absolute Gasteiger partial charge is 0.495 e. The zero-order valence-corrected chi connectivity index (χ0v) is 22.8. The van der Waals surface area contributed by atoms with Crippen molar-refractivity contribution in [3.05, 3.63) is 64.0 Å². The summed E-state index contributed by atoms with van der Waals surface area (Å²) in [5.41, 5.74) is -0.0748. The number of nitro benzene ring substituents is 1. The number of halogens is 1. The topological polar surface area (TPSA) is 139 Å². The van der Waals surface area contributed by atoms with Crippen LogP contribution in [0.25, 0.3) is 0 Å². The molecule has 11 nitrogen and oxygen atoms in total. The van der Waals surface area contributed by atoms with Crippen molar-refractivity contribution in [1.82, 2.24) is 10.2 Å². The molecule has 13 heteroatoms. The molecule has 0 saturated heterocycles. The maximum atomic E-state index is 13.7. The van der Waals surface area contributed by atoms with Gasteiger partial charge in [0.15, 0.2) is 0 Å². The van der Waals surface area contributed by atoms with E-state index in [4.69, 9.17) is 4.74 Å². The van der Waals surface area contributed by atoms with Gasteiger partial charge >= 0.3 is 0 Å². The van der Waals surface area contributed by atoms with Gasteiger partial charge in [-0.25, -0.2) is 12.8 Å². The van der Waals surface area contributed by atoms with Gasteiger partial charge in [-0.05, 0) is 43.5 Å². The molecule has 0 aliphatic rings. The predicted molar refractivity (Wildman–Crippen MR) is 141 cm³/mol. The Kier molecular flexibility index (Phi) is 10.6. The lowest BCUT2D eigenvalue weighted by atomic mass is 10.1. The van der Waals surface area contributed by atoms with E-state index < -0.39 is 50.9 Å². The van der Waals surface area contributed by atoms with Gasteiger partial charge < -0.3 is 15.0 Å². The van der Waals surface area contributed by atoms with Crippen LogP contribution in [0, 0.1) is 15.9 Å². The summed E-state index contributed by atoms with van der Waals surface area (Å²) in [5.74, 6) is -1.63. The Hall–Kier alpha value is -3.74. The van der Waals surface area contributed by atoms with E-state index in [9.17, 15) is 32.5 Å². The summed E-state index contributed by atoms with van der Waals surface area (Å²) in [6.45, 7) is 4.56. The number of nitrogens with zero attached hydrogens (tertiary/aromatic N) is 3. The fourth-order valence-corrected chi connectivity index (χ4v) is 4.57. The number of carbonyl (C=O) groups is 2. The van der Waals surface area contributed by atoms with Gasteiger partial charge in [0.25, 0.3) is 5.69 Å². The maximum absolute atomic E-state index is 13.7. The highest BCUT2D eigenvalue weighted by Crippen LogP contribution is 2.34. The first-order valence-corrected chi connectivity index (χ1v) is 13.8. The second kappa shape index (κ2) is 13.2. The number of nitro groups is 1. The SMILES string of the molecule is CC[C@@H](C)NC(=O)[C@H](CC)N(Cc1ccc(F)cc1)C(=O)CN(c1cc([N+](=O)[O-])ccc1OC)S(C)(=O)=O. The van der Waals surface area contributed by atoms with E-state index in [0.29, 0.717) is 16.3 Å². The Balaban J connectivity index is 2.55. The van der Waals surface area contributed by atoms with Crippen molar-refractivity contribution in [3.63, 3.8) is 0 Å². The Morgan fingerprint density at radius 3 is 2.26 bits per heavy atom. The molecular formula is C25H33FN4O7S. The van der Waals surface area contributed by atoms with Crippen LogP contribution in [-0.2, 0) is 26.2 Å². The number of methoxy groups -OCH3 is 1. The zero-order valence-electron chi connectivity index (χ0n) is 22.0. The lowest BCUT2D eigenvalue weighted by Crippen LogP contribution is -2.53. The number of hydrogen-bond acceptors (Lipinski definition) is 7. The standard InChI is InChI=1S/C25H33FN4O7S/c1-6-17(3)27-25(32)21(7-2)28(15-18-8-10-19(26)11-9-18)24(31)16-29(38(5,35)36)22-14-20(30(33)34)12-13-23(22)37-4/h8-14,17,21H,6-7,15-16H2,1-5H3,(H,27,32)/t17-,21+/m1/s1. The predicted octanol–water partition coefficient (Wildman–Crippen LogP) is 3.23. The van der Waals surface area contributed by atoms with Crippen LogP contribution < -0.4 is 14.4 Å². The molecule has 208 valence electrons. The average Bonchev–Trinajstić information content (AvgIpc) is 2.86. The van der Waals surface area contributed by atoms with Crippen LogP contribution in [0.1, 0.15) is 39.2 Å². The fourth-order valence-electron chi connectivity index (χ4n) is 3.73. The molecule has 0 aliphatic heterocycles. The number of sulfonamides is 1. The zero-order chi connectivity index (χ0) is 28.6. The van der Waals surface area contributed by atoms with Crippen LogP contribution >= 0.6 is 0 Å². The van der Waals surface area contributed by atoms with Crippen LogP contribution in [-0.4, -0.2) is 62.0 Å². The van der Waals surface area contributed by atoms with E-state index in [1.165, 1.54) is 42.3 Å². The minimum atomic E-state index is -4.14. The van der Waals surface area contributed by atoms with Gasteiger partial charge in [0.1, 0.15) is 29.8 Å². The van der Waals surface area contributed by atoms with Gasteiger partial charge in [-0.15, -0.1) is 0 Å². The molecular weight excluding hydrogens is 519 g/mol. The van der Waals surface area contributed by atoms with Crippen LogP contribution in [0.3, 0.4) is 0 Å². The highest BCUT2D eigenvalue weighted by Gasteiger charge is 2.33.